The highest BCUT2D eigenvalue weighted by Crippen LogP contribution is 2.26. The van der Waals surface area contributed by atoms with E-state index < -0.39 is 10.0 Å². The molecule has 0 radical (unpaired) electrons. The molecule has 1 aliphatic carbocycles. The van der Waals surface area contributed by atoms with Crippen molar-refractivity contribution in [2.24, 2.45) is 0 Å². The van der Waals surface area contributed by atoms with Crippen LogP contribution in [-0.4, -0.2) is 15.0 Å². The molecule has 0 atom stereocenters. The second-order valence-electron chi connectivity index (χ2n) is 5.38. The number of nitrogens with two attached hydrogens (primary N) is 1. The van der Waals surface area contributed by atoms with Crippen LogP contribution in [0.1, 0.15) is 37.7 Å². The summed E-state index contributed by atoms with van der Waals surface area (Å²) in [6.45, 7) is 2.16. The van der Waals surface area contributed by atoms with Gasteiger partial charge in [0.15, 0.2) is 0 Å². The maximum atomic E-state index is 12.2. The molecule has 0 saturated carbocycles. The normalized spacial score (nSPS) is 15.8. The summed E-state index contributed by atoms with van der Waals surface area (Å²) in [7, 11) is -3.56. The van der Waals surface area contributed by atoms with Gasteiger partial charge in [-0.1, -0.05) is 23.3 Å². The van der Waals surface area contributed by atoms with E-state index in [1.165, 1.54) is 30.5 Å². The molecule has 1 aromatic carbocycles. The lowest BCUT2D eigenvalue weighted by molar-refractivity contribution is 0.579. The average molecular weight is 329 g/mol. The summed E-state index contributed by atoms with van der Waals surface area (Å²) in [6, 6.07) is 2.89. The van der Waals surface area contributed by atoms with Gasteiger partial charge in [0.25, 0.3) is 0 Å². The summed E-state index contributed by atoms with van der Waals surface area (Å²) in [6.07, 6.45) is 7.59. The quantitative estimate of drug-likeness (QED) is 0.642. The van der Waals surface area contributed by atoms with E-state index >= 15 is 0 Å². The van der Waals surface area contributed by atoms with Crippen LogP contribution in [0.25, 0.3) is 0 Å². The van der Waals surface area contributed by atoms with Crippen LogP contribution >= 0.6 is 11.6 Å². The van der Waals surface area contributed by atoms with Crippen molar-refractivity contribution in [3.05, 3.63) is 34.4 Å². The van der Waals surface area contributed by atoms with E-state index in [1.54, 1.807) is 6.92 Å². The molecule has 0 aromatic heterocycles. The predicted molar refractivity (Wildman–Crippen MR) is 87.0 cm³/mol. The molecule has 6 heteroatoms. The zero-order valence-corrected chi connectivity index (χ0v) is 13.7. The van der Waals surface area contributed by atoms with Crippen molar-refractivity contribution in [2.75, 3.05) is 12.3 Å². The van der Waals surface area contributed by atoms with Crippen LogP contribution in [0.15, 0.2) is 28.7 Å². The second-order valence-corrected chi connectivity index (χ2v) is 7.55. The first-order valence-electron chi connectivity index (χ1n) is 7.13. The van der Waals surface area contributed by atoms with Gasteiger partial charge in [-0.15, -0.1) is 0 Å². The molecule has 0 heterocycles. The summed E-state index contributed by atoms with van der Waals surface area (Å²) >= 11 is 6.00. The van der Waals surface area contributed by atoms with Gasteiger partial charge in [0.05, 0.1) is 4.90 Å². The number of sulfonamides is 1. The fourth-order valence-corrected chi connectivity index (χ4v) is 3.77. The first-order valence-corrected chi connectivity index (χ1v) is 8.99. The molecule has 0 spiro atoms. The number of nitrogens with one attached hydrogen (secondary N) is 1. The SMILES string of the molecule is Cc1c(N)cc(S(=O)(=O)NCCC2=CCCCC2)cc1Cl. The molecule has 0 bridgehead atoms. The largest absolute Gasteiger partial charge is 0.398 e. The highest BCUT2D eigenvalue weighted by Gasteiger charge is 2.16. The van der Waals surface area contributed by atoms with E-state index in [4.69, 9.17) is 17.3 Å². The topological polar surface area (TPSA) is 72.2 Å². The van der Waals surface area contributed by atoms with Crippen molar-refractivity contribution in [1.82, 2.24) is 4.72 Å². The molecule has 0 unspecified atom stereocenters. The molecule has 4 nitrogen and oxygen atoms in total. The fourth-order valence-electron chi connectivity index (χ4n) is 2.39. The molecule has 0 fully saturated rings. The molecule has 1 aromatic rings. The van der Waals surface area contributed by atoms with E-state index in [0.29, 0.717) is 22.8 Å². The van der Waals surface area contributed by atoms with E-state index in [9.17, 15) is 8.42 Å². The number of allylic oxidation sites excluding steroid dienone is 1. The standard InChI is InChI=1S/C15H21ClN2O2S/c1-11-14(16)9-13(10-15(11)17)21(19,20)18-8-7-12-5-3-2-4-6-12/h5,9-10,18H,2-4,6-8,17H2,1H3. The summed E-state index contributed by atoms with van der Waals surface area (Å²) in [5.41, 5.74) is 8.20. The Morgan fingerprint density at radius 1 is 1.33 bits per heavy atom. The maximum Gasteiger partial charge on any atom is 0.240 e. The van der Waals surface area contributed by atoms with Crippen LogP contribution in [0.3, 0.4) is 0 Å². The van der Waals surface area contributed by atoms with Gasteiger partial charge in [-0.05, 0) is 56.7 Å². The van der Waals surface area contributed by atoms with Gasteiger partial charge in [-0.3, -0.25) is 0 Å². The van der Waals surface area contributed by atoms with Crippen LogP contribution < -0.4 is 10.5 Å². The molecule has 2 rings (SSSR count). The second kappa shape index (κ2) is 6.81. The zero-order chi connectivity index (χ0) is 15.5. The van der Waals surface area contributed by atoms with Crippen LogP contribution in [-0.2, 0) is 10.0 Å². The Morgan fingerprint density at radius 3 is 2.71 bits per heavy atom. The third kappa shape index (κ3) is 4.22. The monoisotopic (exact) mass is 328 g/mol. The van der Waals surface area contributed by atoms with Crippen molar-refractivity contribution < 1.29 is 8.42 Å². The molecule has 0 saturated heterocycles. The Labute approximate surface area is 131 Å². The highest BCUT2D eigenvalue weighted by molar-refractivity contribution is 7.89. The number of benzene rings is 1. The smallest absolute Gasteiger partial charge is 0.240 e. The number of anilines is 1. The van der Waals surface area contributed by atoms with Crippen molar-refractivity contribution in [1.29, 1.82) is 0 Å². The zero-order valence-electron chi connectivity index (χ0n) is 12.2. The van der Waals surface area contributed by atoms with Crippen molar-refractivity contribution >= 4 is 27.3 Å². The Kier molecular flexibility index (Phi) is 5.30. The number of rotatable bonds is 5. The molecule has 1 aliphatic rings. The lowest BCUT2D eigenvalue weighted by Gasteiger charge is -2.13. The minimum atomic E-state index is -3.56. The summed E-state index contributed by atoms with van der Waals surface area (Å²) in [5.74, 6) is 0. The van der Waals surface area contributed by atoms with Gasteiger partial charge >= 0.3 is 0 Å². The fraction of sp³-hybridized carbons (Fsp3) is 0.467. The minimum Gasteiger partial charge on any atom is -0.398 e. The molecular formula is C15H21ClN2O2S. The van der Waals surface area contributed by atoms with E-state index in [1.807, 2.05) is 0 Å². The van der Waals surface area contributed by atoms with E-state index in [2.05, 4.69) is 10.8 Å². The molecule has 21 heavy (non-hydrogen) atoms. The molecule has 0 aliphatic heterocycles. The lowest BCUT2D eigenvalue weighted by Crippen LogP contribution is -2.25. The number of halogens is 1. The summed E-state index contributed by atoms with van der Waals surface area (Å²) < 4.78 is 27.1. The first-order chi connectivity index (χ1) is 9.90. The number of hydrogen-bond acceptors (Lipinski definition) is 3. The predicted octanol–water partition coefficient (Wildman–Crippen LogP) is 3.40. The highest BCUT2D eigenvalue weighted by atomic mass is 35.5. The Hall–Kier alpha value is -1.04. The Balaban J connectivity index is 2.03. The van der Waals surface area contributed by atoms with Gasteiger partial charge < -0.3 is 5.73 Å². The lowest BCUT2D eigenvalue weighted by atomic mass is 9.97. The summed E-state index contributed by atoms with van der Waals surface area (Å²) in [5, 5.41) is 0.366. The Morgan fingerprint density at radius 2 is 2.10 bits per heavy atom. The van der Waals surface area contributed by atoms with Gasteiger partial charge in [0, 0.05) is 17.3 Å². The van der Waals surface area contributed by atoms with Gasteiger partial charge in [-0.2, -0.15) is 0 Å². The van der Waals surface area contributed by atoms with Crippen LogP contribution in [0.4, 0.5) is 5.69 Å². The first kappa shape index (κ1) is 16.3. The summed E-state index contributed by atoms with van der Waals surface area (Å²) in [4.78, 5) is 0.119. The van der Waals surface area contributed by atoms with Crippen LogP contribution in [0.2, 0.25) is 5.02 Å². The van der Waals surface area contributed by atoms with Crippen LogP contribution in [0.5, 0.6) is 0 Å². The van der Waals surface area contributed by atoms with Crippen molar-refractivity contribution in [3.63, 3.8) is 0 Å². The van der Waals surface area contributed by atoms with Gasteiger partial charge in [0.2, 0.25) is 10.0 Å². The van der Waals surface area contributed by atoms with E-state index in [0.717, 1.165) is 19.3 Å². The minimum absolute atomic E-state index is 0.119. The van der Waals surface area contributed by atoms with Crippen molar-refractivity contribution in [3.8, 4) is 0 Å². The van der Waals surface area contributed by atoms with E-state index in [-0.39, 0.29) is 4.90 Å². The molecule has 0 amide bonds. The van der Waals surface area contributed by atoms with Crippen molar-refractivity contribution in [2.45, 2.75) is 43.9 Å². The van der Waals surface area contributed by atoms with Gasteiger partial charge in [0.1, 0.15) is 0 Å². The molecule has 116 valence electrons. The Bertz CT molecular complexity index is 631. The van der Waals surface area contributed by atoms with Crippen LogP contribution in [0, 0.1) is 6.92 Å². The third-order valence-electron chi connectivity index (χ3n) is 3.79. The molecular weight excluding hydrogens is 308 g/mol. The maximum absolute atomic E-state index is 12.2. The van der Waals surface area contributed by atoms with Gasteiger partial charge in [-0.25, -0.2) is 13.1 Å². The number of nitrogen functional groups attached to an aromatic ring is 1. The third-order valence-corrected chi connectivity index (χ3v) is 5.62. The molecule has 3 N–H and O–H groups in total. The average Bonchev–Trinajstić information content (AvgIpc) is 2.45. The number of hydrogen-bond donors (Lipinski definition) is 2.